The molecule has 1 aliphatic rings. The van der Waals surface area contributed by atoms with Crippen LogP contribution in [0.4, 0.5) is 5.69 Å². The Morgan fingerprint density at radius 1 is 1.29 bits per heavy atom. The molecule has 1 unspecified atom stereocenters. The zero-order valence-electron chi connectivity index (χ0n) is 12.9. The summed E-state index contributed by atoms with van der Waals surface area (Å²) in [6.07, 6.45) is 0.188. The van der Waals surface area contributed by atoms with E-state index in [2.05, 4.69) is 9.80 Å². The van der Waals surface area contributed by atoms with E-state index in [1.807, 2.05) is 26.2 Å². The van der Waals surface area contributed by atoms with Gasteiger partial charge in [-0.15, -0.1) is 0 Å². The maximum absolute atomic E-state index is 11.8. The monoisotopic (exact) mass is 312 g/mol. The molecule has 0 N–H and O–H groups in total. The Labute approximate surface area is 127 Å². The Bertz CT molecular complexity index is 555. The summed E-state index contributed by atoms with van der Waals surface area (Å²) in [5, 5.41) is 0. The van der Waals surface area contributed by atoms with Crippen LogP contribution in [0.3, 0.4) is 0 Å². The SMILES string of the molecule is CCS(=O)(=O)c1ccc(N2CCOC(CN(C)C)C2)cc1. The van der Waals surface area contributed by atoms with E-state index in [0.29, 0.717) is 11.5 Å². The van der Waals surface area contributed by atoms with Crippen molar-refractivity contribution in [3.8, 4) is 0 Å². The molecule has 0 aromatic heterocycles. The highest BCUT2D eigenvalue weighted by Crippen LogP contribution is 2.21. The van der Waals surface area contributed by atoms with Crippen LogP contribution in [-0.2, 0) is 14.6 Å². The molecule has 1 atom stereocenters. The molecule has 0 aliphatic carbocycles. The normalized spacial score (nSPS) is 20.0. The smallest absolute Gasteiger partial charge is 0.178 e. The third-order valence-electron chi connectivity index (χ3n) is 3.65. The second-order valence-electron chi connectivity index (χ2n) is 5.60. The number of hydrogen-bond donors (Lipinski definition) is 0. The number of likely N-dealkylation sites (N-methyl/N-ethyl adjacent to an activating group) is 1. The van der Waals surface area contributed by atoms with Gasteiger partial charge in [0.05, 0.1) is 23.4 Å². The van der Waals surface area contributed by atoms with Crippen LogP contribution in [0.15, 0.2) is 29.2 Å². The summed E-state index contributed by atoms with van der Waals surface area (Å²) < 4.78 is 29.4. The van der Waals surface area contributed by atoms with Crippen LogP contribution in [0.25, 0.3) is 0 Å². The molecule has 2 rings (SSSR count). The van der Waals surface area contributed by atoms with Gasteiger partial charge in [-0.2, -0.15) is 0 Å². The summed E-state index contributed by atoms with van der Waals surface area (Å²) in [6, 6.07) is 7.18. The van der Waals surface area contributed by atoms with Crippen LogP contribution in [0, 0.1) is 0 Å². The lowest BCUT2D eigenvalue weighted by molar-refractivity contribution is 0.0248. The fourth-order valence-electron chi connectivity index (χ4n) is 2.50. The van der Waals surface area contributed by atoms with Crippen LogP contribution in [0.2, 0.25) is 0 Å². The number of sulfone groups is 1. The summed E-state index contributed by atoms with van der Waals surface area (Å²) in [6.45, 7) is 4.92. The van der Waals surface area contributed by atoms with E-state index in [9.17, 15) is 8.42 Å². The first kappa shape index (κ1) is 16.3. The van der Waals surface area contributed by atoms with Gasteiger partial charge in [-0.25, -0.2) is 8.42 Å². The van der Waals surface area contributed by atoms with Crippen molar-refractivity contribution in [1.29, 1.82) is 0 Å². The standard InChI is InChI=1S/C15H24N2O3S/c1-4-21(18,19)15-7-5-13(6-8-15)17-9-10-20-14(12-17)11-16(2)3/h5-8,14H,4,9-12H2,1-3H3. The molecule has 0 bridgehead atoms. The number of hydrogen-bond acceptors (Lipinski definition) is 5. The summed E-state index contributed by atoms with van der Waals surface area (Å²) in [7, 11) is 0.947. The van der Waals surface area contributed by atoms with E-state index >= 15 is 0 Å². The molecule has 1 aliphatic heterocycles. The molecule has 1 aromatic rings. The van der Waals surface area contributed by atoms with Crippen molar-refractivity contribution in [3.63, 3.8) is 0 Å². The lowest BCUT2D eigenvalue weighted by Crippen LogP contribution is -2.46. The van der Waals surface area contributed by atoms with Gasteiger partial charge in [0.1, 0.15) is 0 Å². The number of rotatable bonds is 5. The Morgan fingerprint density at radius 3 is 2.52 bits per heavy atom. The fraction of sp³-hybridized carbons (Fsp3) is 0.600. The highest BCUT2D eigenvalue weighted by atomic mass is 32.2. The number of anilines is 1. The second kappa shape index (κ2) is 6.77. The van der Waals surface area contributed by atoms with Crippen molar-refractivity contribution in [2.45, 2.75) is 17.9 Å². The number of benzene rings is 1. The molecule has 6 heteroatoms. The van der Waals surface area contributed by atoms with Gasteiger partial charge in [-0.1, -0.05) is 6.92 Å². The molecule has 1 aromatic carbocycles. The predicted molar refractivity (Wildman–Crippen MR) is 84.7 cm³/mol. The Hall–Kier alpha value is -1.11. The van der Waals surface area contributed by atoms with Crippen LogP contribution in [0.1, 0.15) is 6.92 Å². The molecule has 1 fully saturated rings. The Kier molecular flexibility index (Phi) is 5.24. The van der Waals surface area contributed by atoms with Gasteiger partial charge in [-0.3, -0.25) is 0 Å². The molecule has 21 heavy (non-hydrogen) atoms. The van der Waals surface area contributed by atoms with Crippen molar-refractivity contribution in [2.75, 3.05) is 51.0 Å². The highest BCUT2D eigenvalue weighted by Gasteiger charge is 2.21. The summed E-state index contributed by atoms with van der Waals surface area (Å²) >= 11 is 0. The quantitative estimate of drug-likeness (QED) is 0.819. The van der Waals surface area contributed by atoms with Gasteiger partial charge in [0.15, 0.2) is 9.84 Å². The molecule has 0 spiro atoms. The highest BCUT2D eigenvalue weighted by molar-refractivity contribution is 7.91. The lowest BCUT2D eigenvalue weighted by atomic mass is 10.2. The van der Waals surface area contributed by atoms with Gasteiger partial charge >= 0.3 is 0 Å². The van der Waals surface area contributed by atoms with E-state index in [1.165, 1.54) is 0 Å². The van der Waals surface area contributed by atoms with E-state index in [4.69, 9.17) is 4.74 Å². The first-order valence-electron chi connectivity index (χ1n) is 7.26. The largest absolute Gasteiger partial charge is 0.373 e. The molecule has 0 radical (unpaired) electrons. The van der Waals surface area contributed by atoms with Crippen molar-refractivity contribution in [3.05, 3.63) is 24.3 Å². The van der Waals surface area contributed by atoms with E-state index in [1.54, 1.807) is 19.1 Å². The van der Waals surface area contributed by atoms with Gasteiger partial charge in [0.25, 0.3) is 0 Å². The molecule has 118 valence electrons. The zero-order valence-corrected chi connectivity index (χ0v) is 13.8. The molecule has 1 saturated heterocycles. The van der Waals surface area contributed by atoms with Crippen LogP contribution >= 0.6 is 0 Å². The van der Waals surface area contributed by atoms with Crippen molar-refractivity contribution >= 4 is 15.5 Å². The fourth-order valence-corrected chi connectivity index (χ4v) is 3.39. The van der Waals surface area contributed by atoms with E-state index in [0.717, 1.165) is 25.3 Å². The van der Waals surface area contributed by atoms with Crippen LogP contribution in [0.5, 0.6) is 0 Å². The molecule has 5 nitrogen and oxygen atoms in total. The number of nitrogens with zero attached hydrogens (tertiary/aromatic N) is 2. The summed E-state index contributed by atoms with van der Waals surface area (Å²) in [5.41, 5.74) is 1.05. The maximum Gasteiger partial charge on any atom is 0.178 e. The van der Waals surface area contributed by atoms with Crippen molar-refractivity contribution < 1.29 is 13.2 Å². The van der Waals surface area contributed by atoms with E-state index in [-0.39, 0.29) is 11.9 Å². The third-order valence-corrected chi connectivity index (χ3v) is 5.40. The Morgan fingerprint density at radius 2 is 1.95 bits per heavy atom. The predicted octanol–water partition coefficient (Wildman–Crippen LogP) is 1.25. The molecular weight excluding hydrogens is 288 g/mol. The van der Waals surface area contributed by atoms with Gasteiger partial charge in [0, 0.05) is 25.3 Å². The molecule has 1 heterocycles. The molecule has 0 saturated carbocycles. The first-order valence-corrected chi connectivity index (χ1v) is 8.91. The second-order valence-corrected chi connectivity index (χ2v) is 7.88. The lowest BCUT2D eigenvalue weighted by Gasteiger charge is -2.35. The zero-order chi connectivity index (χ0) is 15.5. The van der Waals surface area contributed by atoms with Gasteiger partial charge in [0.2, 0.25) is 0 Å². The minimum Gasteiger partial charge on any atom is -0.373 e. The van der Waals surface area contributed by atoms with Crippen LogP contribution in [-0.4, -0.2) is 65.5 Å². The maximum atomic E-state index is 11.8. The van der Waals surface area contributed by atoms with Crippen molar-refractivity contribution in [1.82, 2.24) is 4.90 Å². The third kappa shape index (κ3) is 4.18. The van der Waals surface area contributed by atoms with Crippen molar-refractivity contribution in [2.24, 2.45) is 0 Å². The molecular formula is C15H24N2O3S. The van der Waals surface area contributed by atoms with Crippen LogP contribution < -0.4 is 4.90 Å². The average molecular weight is 312 g/mol. The minimum absolute atomic E-state index is 0.134. The Balaban J connectivity index is 2.08. The number of morpholine rings is 1. The first-order chi connectivity index (χ1) is 9.92. The van der Waals surface area contributed by atoms with Gasteiger partial charge in [-0.05, 0) is 38.4 Å². The summed E-state index contributed by atoms with van der Waals surface area (Å²) in [4.78, 5) is 4.76. The van der Waals surface area contributed by atoms with Gasteiger partial charge < -0.3 is 14.5 Å². The van der Waals surface area contributed by atoms with E-state index < -0.39 is 9.84 Å². The number of ether oxygens (including phenoxy) is 1. The summed E-state index contributed by atoms with van der Waals surface area (Å²) in [5.74, 6) is 0.134. The topological polar surface area (TPSA) is 49.9 Å². The average Bonchev–Trinajstić information content (AvgIpc) is 2.47. The minimum atomic E-state index is -3.12. The molecule has 0 amide bonds.